The fraction of sp³-hybridized carbons (Fsp3) is 0.500. The van der Waals surface area contributed by atoms with E-state index in [1.807, 2.05) is 32.0 Å². The number of aromatic amines is 1. The number of likely N-dealkylation sites (tertiary alicyclic amines) is 1. The molecule has 0 aliphatic carbocycles. The number of benzene rings is 1. The second kappa shape index (κ2) is 7.92. The molecule has 1 aromatic carbocycles. The summed E-state index contributed by atoms with van der Waals surface area (Å²) in [6.07, 6.45) is 2.41. The van der Waals surface area contributed by atoms with Crippen LogP contribution in [-0.4, -0.2) is 28.0 Å². The molecule has 4 rings (SSSR count). The molecule has 140 valence electrons. The Morgan fingerprint density at radius 1 is 1.23 bits per heavy atom. The topological polar surface area (TPSA) is 62.1 Å². The van der Waals surface area contributed by atoms with Gasteiger partial charge >= 0.3 is 0 Å². The minimum Gasteiger partial charge on any atom is -0.449 e. The van der Waals surface area contributed by atoms with E-state index in [2.05, 4.69) is 39.7 Å². The van der Waals surface area contributed by atoms with Gasteiger partial charge < -0.3 is 9.40 Å². The lowest BCUT2D eigenvalue weighted by molar-refractivity contribution is 0.184. The molecule has 1 aliphatic heterocycles. The molecule has 1 atom stereocenters. The molecule has 0 bridgehead atoms. The van der Waals surface area contributed by atoms with Crippen molar-refractivity contribution in [2.45, 2.75) is 46.6 Å². The number of furan rings is 1. The first kappa shape index (κ1) is 19.1. The number of rotatable bonds is 3. The first-order chi connectivity index (χ1) is 12.5. The predicted molar refractivity (Wildman–Crippen MR) is 110 cm³/mol. The van der Waals surface area contributed by atoms with Crippen molar-refractivity contribution in [1.82, 2.24) is 14.9 Å². The summed E-state index contributed by atoms with van der Waals surface area (Å²) in [5.74, 6) is 1.11. The normalized spacial score (nSPS) is 16.2. The Morgan fingerprint density at radius 3 is 2.58 bits per heavy atom. The summed E-state index contributed by atoms with van der Waals surface area (Å²) in [7, 11) is 0. The van der Waals surface area contributed by atoms with E-state index < -0.39 is 0 Å². The highest BCUT2D eigenvalue weighted by Gasteiger charge is 2.29. The number of hydrogen-bond acceptors (Lipinski definition) is 4. The molecule has 1 unspecified atom stereocenters. The SMILES string of the molecule is CC.CC(C)C(c1nc2c(oc3ccc(Br)cc32)c(=O)[nH]1)N1CCCC1. The van der Waals surface area contributed by atoms with Gasteiger partial charge in [0.2, 0.25) is 5.58 Å². The number of fused-ring (bicyclic) bond motifs is 3. The van der Waals surface area contributed by atoms with Crippen molar-refractivity contribution in [1.29, 1.82) is 0 Å². The third kappa shape index (κ3) is 3.45. The van der Waals surface area contributed by atoms with E-state index in [4.69, 9.17) is 9.40 Å². The molecular formula is C20H26BrN3O2. The second-order valence-electron chi connectivity index (χ2n) is 6.80. The first-order valence-electron chi connectivity index (χ1n) is 9.40. The molecule has 1 saturated heterocycles. The highest BCUT2D eigenvalue weighted by atomic mass is 79.9. The van der Waals surface area contributed by atoms with Crippen LogP contribution in [0, 0.1) is 5.92 Å². The monoisotopic (exact) mass is 419 g/mol. The number of nitrogens with one attached hydrogen (secondary N) is 1. The van der Waals surface area contributed by atoms with Gasteiger partial charge in [0, 0.05) is 9.86 Å². The van der Waals surface area contributed by atoms with Gasteiger partial charge in [-0.1, -0.05) is 43.6 Å². The fourth-order valence-electron chi connectivity index (χ4n) is 3.71. The Hall–Kier alpha value is -1.66. The van der Waals surface area contributed by atoms with Crippen molar-refractivity contribution >= 4 is 38.0 Å². The second-order valence-corrected chi connectivity index (χ2v) is 7.72. The van der Waals surface area contributed by atoms with E-state index in [9.17, 15) is 4.79 Å². The molecule has 1 N–H and O–H groups in total. The van der Waals surface area contributed by atoms with Crippen LogP contribution in [0.15, 0.2) is 31.9 Å². The van der Waals surface area contributed by atoms with Crippen LogP contribution >= 0.6 is 15.9 Å². The number of aromatic nitrogens is 2. The molecule has 1 fully saturated rings. The summed E-state index contributed by atoms with van der Waals surface area (Å²) >= 11 is 3.48. The van der Waals surface area contributed by atoms with Crippen molar-refractivity contribution in [2.24, 2.45) is 5.92 Å². The lowest BCUT2D eigenvalue weighted by atomic mass is 10.0. The van der Waals surface area contributed by atoms with E-state index in [0.717, 1.165) is 28.8 Å². The van der Waals surface area contributed by atoms with E-state index in [-0.39, 0.29) is 11.6 Å². The van der Waals surface area contributed by atoms with Crippen LogP contribution in [0.3, 0.4) is 0 Å². The Bertz CT molecular complexity index is 955. The Labute approximate surface area is 161 Å². The summed E-state index contributed by atoms with van der Waals surface area (Å²) in [5.41, 5.74) is 1.43. The molecule has 1 aliphatic rings. The molecule has 3 heterocycles. The molecule has 26 heavy (non-hydrogen) atoms. The van der Waals surface area contributed by atoms with Crippen molar-refractivity contribution in [3.8, 4) is 0 Å². The summed E-state index contributed by atoms with van der Waals surface area (Å²) in [6, 6.07) is 5.85. The van der Waals surface area contributed by atoms with Crippen LogP contribution in [0.1, 0.15) is 52.4 Å². The van der Waals surface area contributed by atoms with Crippen molar-refractivity contribution in [3.05, 3.63) is 38.9 Å². The Balaban J connectivity index is 0.000000948. The minimum absolute atomic E-state index is 0.127. The van der Waals surface area contributed by atoms with Crippen molar-refractivity contribution in [3.63, 3.8) is 0 Å². The number of H-pyrrole nitrogens is 1. The molecule has 3 aromatic rings. The van der Waals surface area contributed by atoms with E-state index in [1.165, 1.54) is 12.8 Å². The van der Waals surface area contributed by atoms with Gasteiger partial charge in [-0.25, -0.2) is 4.98 Å². The van der Waals surface area contributed by atoms with Crippen LogP contribution in [0.2, 0.25) is 0 Å². The molecule has 0 spiro atoms. The van der Waals surface area contributed by atoms with Gasteiger partial charge in [0.15, 0.2) is 0 Å². The first-order valence-corrected chi connectivity index (χ1v) is 10.2. The molecule has 6 heteroatoms. The zero-order valence-electron chi connectivity index (χ0n) is 15.8. The zero-order chi connectivity index (χ0) is 18.8. The lowest BCUT2D eigenvalue weighted by Crippen LogP contribution is -2.32. The molecular weight excluding hydrogens is 394 g/mol. The van der Waals surface area contributed by atoms with Crippen molar-refractivity contribution < 1.29 is 4.42 Å². The van der Waals surface area contributed by atoms with Crippen LogP contribution in [-0.2, 0) is 0 Å². The largest absolute Gasteiger partial charge is 0.449 e. The molecule has 0 radical (unpaired) electrons. The summed E-state index contributed by atoms with van der Waals surface area (Å²) < 4.78 is 6.66. The van der Waals surface area contributed by atoms with Crippen molar-refractivity contribution in [2.75, 3.05) is 13.1 Å². The third-order valence-electron chi connectivity index (χ3n) is 4.75. The highest BCUT2D eigenvalue weighted by Crippen LogP contribution is 2.32. The summed E-state index contributed by atoms with van der Waals surface area (Å²) in [5, 5.41) is 0.871. The van der Waals surface area contributed by atoms with Gasteiger partial charge in [-0.3, -0.25) is 9.69 Å². The molecule has 0 saturated carbocycles. The summed E-state index contributed by atoms with van der Waals surface area (Å²) in [4.78, 5) is 22.8. The summed E-state index contributed by atoms with van der Waals surface area (Å²) in [6.45, 7) is 10.5. The smallest absolute Gasteiger partial charge is 0.294 e. The average molecular weight is 420 g/mol. The Kier molecular flexibility index (Phi) is 5.82. The van der Waals surface area contributed by atoms with Gasteiger partial charge in [0.05, 0.1) is 6.04 Å². The average Bonchev–Trinajstić information content (AvgIpc) is 3.25. The number of nitrogens with zero attached hydrogens (tertiary/aromatic N) is 2. The standard InChI is InChI=1S/C18H20BrN3O2.C2H6/c1-10(2)15(22-7-3-4-8-22)17-20-14-12-9-11(19)5-6-13(12)24-16(14)18(23)21-17;1-2/h5-6,9-10,15H,3-4,7-8H2,1-2H3,(H,20,21,23);1-2H3. The minimum atomic E-state index is -0.202. The Morgan fingerprint density at radius 2 is 1.92 bits per heavy atom. The van der Waals surface area contributed by atoms with E-state index >= 15 is 0 Å². The van der Waals surface area contributed by atoms with Gasteiger partial charge in [-0.05, 0) is 50.0 Å². The molecule has 2 aromatic heterocycles. The molecule has 0 amide bonds. The van der Waals surface area contributed by atoms with Crippen LogP contribution in [0.25, 0.3) is 22.1 Å². The predicted octanol–water partition coefficient (Wildman–Crippen LogP) is 5.25. The van der Waals surface area contributed by atoms with Crippen LogP contribution < -0.4 is 5.56 Å². The maximum Gasteiger partial charge on any atom is 0.294 e. The zero-order valence-corrected chi connectivity index (χ0v) is 17.4. The van der Waals surface area contributed by atoms with Gasteiger partial charge in [0.25, 0.3) is 5.56 Å². The maximum atomic E-state index is 12.6. The van der Waals surface area contributed by atoms with Gasteiger partial charge in [-0.2, -0.15) is 0 Å². The van der Waals surface area contributed by atoms with E-state index in [1.54, 1.807) is 0 Å². The quantitative estimate of drug-likeness (QED) is 0.629. The lowest BCUT2D eigenvalue weighted by Gasteiger charge is -2.29. The highest BCUT2D eigenvalue weighted by molar-refractivity contribution is 9.10. The van der Waals surface area contributed by atoms with Gasteiger partial charge in [0.1, 0.15) is 16.9 Å². The fourth-order valence-corrected chi connectivity index (χ4v) is 4.07. The van der Waals surface area contributed by atoms with Crippen LogP contribution in [0.5, 0.6) is 0 Å². The number of hydrogen-bond donors (Lipinski definition) is 1. The van der Waals surface area contributed by atoms with Gasteiger partial charge in [-0.15, -0.1) is 0 Å². The van der Waals surface area contributed by atoms with E-state index in [0.29, 0.717) is 22.6 Å². The van der Waals surface area contributed by atoms with Crippen LogP contribution in [0.4, 0.5) is 0 Å². The maximum absolute atomic E-state index is 12.6. The molecule has 5 nitrogen and oxygen atoms in total. The number of halogens is 1. The third-order valence-corrected chi connectivity index (χ3v) is 5.24.